The predicted molar refractivity (Wildman–Crippen MR) is 75.5 cm³/mol. The second kappa shape index (κ2) is 5.06. The minimum absolute atomic E-state index is 0.451. The number of benzene rings is 2. The first-order chi connectivity index (χ1) is 9.24. The summed E-state index contributed by atoms with van der Waals surface area (Å²) < 4.78 is 5.85. The Balaban J connectivity index is 1.63. The molecule has 2 nitrogen and oxygen atoms in total. The van der Waals surface area contributed by atoms with Gasteiger partial charge in [-0.1, -0.05) is 36.4 Å². The molecule has 0 saturated carbocycles. The second-order valence-corrected chi connectivity index (χ2v) is 5.16. The number of hydrogen-bond acceptors (Lipinski definition) is 2. The van der Waals surface area contributed by atoms with E-state index >= 15 is 0 Å². The minimum Gasteiger partial charge on any atom is -0.493 e. The van der Waals surface area contributed by atoms with Crippen molar-refractivity contribution in [3.05, 3.63) is 65.2 Å². The number of hydrogen-bond donors (Lipinski definition) is 1. The van der Waals surface area contributed by atoms with E-state index in [0.29, 0.717) is 12.5 Å². The first kappa shape index (κ1) is 12.2. The number of ether oxygens (including phenoxy) is 1. The van der Waals surface area contributed by atoms with Gasteiger partial charge in [-0.05, 0) is 42.2 Å². The van der Waals surface area contributed by atoms with Gasteiger partial charge in [0.2, 0.25) is 0 Å². The molecule has 0 spiro atoms. The first-order valence-corrected chi connectivity index (χ1v) is 6.72. The van der Waals surface area contributed by atoms with Crippen molar-refractivity contribution < 1.29 is 9.84 Å². The number of aliphatic hydroxyl groups excluding tert-OH is 1. The average Bonchev–Trinajstić information content (AvgIpc) is 2.40. The summed E-state index contributed by atoms with van der Waals surface area (Å²) in [6.07, 6.45) is 0.652. The van der Waals surface area contributed by atoms with Crippen molar-refractivity contribution in [2.45, 2.75) is 25.4 Å². The summed E-state index contributed by atoms with van der Waals surface area (Å²) in [5.74, 6) is 1.34. The predicted octanol–water partition coefficient (Wildman–Crippen LogP) is 3.46. The zero-order valence-electron chi connectivity index (χ0n) is 11.0. The van der Waals surface area contributed by atoms with E-state index in [9.17, 15) is 5.11 Å². The zero-order chi connectivity index (χ0) is 13.2. The van der Waals surface area contributed by atoms with Gasteiger partial charge in [0.1, 0.15) is 5.75 Å². The standard InChI is InChI=1S/C17H18O2/c1-12(18)13-6-4-7-16(10-13)19-11-15-9-14-5-2-3-8-17(14)15/h2-8,10,12,15,18H,9,11H2,1H3. The number of rotatable bonds is 4. The molecule has 1 aliphatic rings. The van der Waals surface area contributed by atoms with E-state index in [1.54, 1.807) is 6.92 Å². The summed E-state index contributed by atoms with van der Waals surface area (Å²) in [6, 6.07) is 16.2. The van der Waals surface area contributed by atoms with Gasteiger partial charge in [-0.3, -0.25) is 0 Å². The average molecular weight is 254 g/mol. The van der Waals surface area contributed by atoms with Gasteiger partial charge in [-0.25, -0.2) is 0 Å². The lowest BCUT2D eigenvalue weighted by Gasteiger charge is -2.29. The monoisotopic (exact) mass is 254 g/mol. The van der Waals surface area contributed by atoms with Gasteiger partial charge in [0.25, 0.3) is 0 Å². The van der Waals surface area contributed by atoms with Crippen LogP contribution in [-0.2, 0) is 6.42 Å². The van der Waals surface area contributed by atoms with E-state index in [-0.39, 0.29) is 0 Å². The fraction of sp³-hybridized carbons (Fsp3) is 0.294. The minimum atomic E-state index is -0.451. The fourth-order valence-electron chi connectivity index (χ4n) is 2.57. The largest absolute Gasteiger partial charge is 0.493 e. The Bertz CT molecular complexity index is 575. The third-order valence-corrected chi connectivity index (χ3v) is 3.75. The molecule has 0 heterocycles. The molecule has 2 heteroatoms. The molecular weight excluding hydrogens is 236 g/mol. The van der Waals surface area contributed by atoms with Gasteiger partial charge in [-0.15, -0.1) is 0 Å². The van der Waals surface area contributed by atoms with E-state index in [2.05, 4.69) is 24.3 Å². The summed E-state index contributed by atoms with van der Waals surface area (Å²) >= 11 is 0. The van der Waals surface area contributed by atoms with Gasteiger partial charge in [0.05, 0.1) is 12.7 Å². The molecule has 0 bridgehead atoms. The molecule has 2 aromatic carbocycles. The Hall–Kier alpha value is -1.80. The van der Waals surface area contributed by atoms with Crippen LogP contribution < -0.4 is 4.74 Å². The topological polar surface area (TPSA) is 29.5 Å². The van der Waals surface area contributed by atoms with Crippen molar-refractivity contribution in [2.75, 3.05) is 6.61 Å². The molecule has 0 radical (unpaired) electrons. The zero-order valence-corrected chi connectivity index (χ0v) is 11.0. The molecule has 1 N–H and O–H groups in total. The molecule has 2 aromatic rings. The van der Waals surface area contributed by atoms with Crippen molar-refractivity contribution in [1.29, 1.82) is 0 Å². The van der Waals surface area contributed by atoms with Crippen LogP contribution in [-0.4, -0.2) is 11.7 Å². The van der Waals surface area contributed by atoms with Crippen LogP contribution in [0.5, 0.6) is 5.75 Å². The highest BCUT2D eigenvalue weighted by molar-refractivity contribution is 5.40. The van der Waals surface area contributed by atoms with Crippen LogP contribution in [0.2, 0.25) is 0 Å². The quantitative estimate of drug-likeness (QED) is 0.905. The Morgan fingerprint density at radius 2 is 2.05 bits per heavy atom. The van der Waals surface area contributed by atoms with Gasteiger partial charge >= 0.3 is 0 Å². The molecule has 2 atom stereocenters. The lowest BCUT2D eigenvalue weighted by atomic mass is 9.78. The molecule has 0 fully saturated rings. The van der Waals surface area contributed by atoms with Gasteiger partial charge in [-0.2, -0.15) is 0 Å². The van der Waals surface area contributed by atoms with Crippen LogP contribution >= 0.6 is 0 Å². The number of fused-ring (bicyclic) bond motifs is 1. The highest BCUT2D eigenvalue weighted by Crippen LogP contribution is 2.35. The Morgan fingerprint density at radius 1 is 1.21 bits per heavy atom. The molecule has 0 aromatic heterocycles. The molecule has 0 saturated heterocycles. The molecule has 0 amide bonds. The Kier molecular flexibility index (Phi) is 3.26. The maximum absolute atomic E-state index is 9.56. The lowest BCUT2D eigenvalue weighted by Crippen LogP contribution is -2.23. The van der Waals surface area contributed by atoms with Gasteiger partial charge in [0.15, 0.2) is 0 Å². The SMILES string of the molecule is CC(O)c1cccc(OCC2Cc3ccccc32)c1. The van der Waals surface area contributed by atoms with E-state index in [1.807, 2.05) is 24.3 Å². The van der Waals surface area contributed by atoms with Crippen molar-refractivity contribution in [1.82, 2.24) is 0 Å². The highest BCUT2D eigenvalue weighted by atomic mass is 16.5. The van der Waals surface area contributed by atoms with Gasteiger partial charge in [0, 0.05) is 5.92 Å². The molecule has 19 heavy (non-hydrogen) atoms. The summed E-state index contributed by atoms with van der Waals surface area (Å²) in [5.41, 5.74) is 3.74. The molecule has 0 aliphatic heterocycles. The van der Waals surface area contributed by atoms with Crippen LogP contribution in [0.4, 0.5) is 0 Å². The van der Waals surface area contributed by atoms with Crippen LogP contribution in [0, 0.1) is 0 Å². The van der Waals surface area contributed by atoms with Crippen molar-refractivity contribution in [3.8, 4) is 5.75 Å². The van der Waals surface area contributed by atoms with Crippen LogP contribution in [0.15, 0.2) is 48.5 Å². The first-order valence-electron chi connectivity index (χ1n) is 6.72. The second-order valence-electron chi connectivity index (χ2n) is 5.16. The molecule has 2 unspecified atom stereocenters. The van der Waals surface area contributed by atoms with Crippen LogP contribution in [0.1, 0.15) is 35.6 Å². The van der Waals surface area contributed by atoms with Crippen LogP contribution in [0.25, 0.3) is 0 Å². The smallest absolute Gasteiger partial charge is 0.119 e. The fourth-order valence-corrected chi connectivity index (χ4v) is 2.57. The molecular formula is C17H18O2. The molecule has 1 aliphatic carbocycles. The van der Waals surface area contributed by atoms with Gasteiger partial charge < -0.3 is 9.84 Å². The highest BCUT2D eigenvalue weighted by Gasteiger charge is 2.25. The third-order valence-electron chi connectivity index (χ3n) is 3.75. The normalized spacial score (nSPS) is 18.3. The third kappa shape index (κ3) is 2.49. The summed E-state index contributed by atoms with van der Waals surface area (Å²) in [4.78, 5) is 0. The van der Waals surface area contributed by atoms with E-state index in [1.165, 1.54) is 11.1 Å². The van der Waals surface area contributed by atoms with E-state index < -0.39 is 6.10 Å². The van der Waals surface area contributed by atoms with E-state index in [0.717, 1.165) is 17.7 Å². The Labute approximate surface area is 113 Å². The molecule has 3 rings (SSSR count). The van der Waals surface area contributed by atoms with E-state index in [4.69, 9.17) is 4.74 Å². The maximum Gasteiger partial charge on any atom is 0.119 e. The summed E-state index contributed by atoms with van der Waals surface area (Å²) in [6.45, 7) is 2.47. The van der Waals surface area contributed by atoms with Crippen molar-refractivity contribution in [2.24, 2.45) is 0 Å². The summed E-state index contributed by atoms with van der Waals surface area (Å²) in [7, 11) is 0. The Morgan fingerprint density at radius 3 is 2.84 bits per heavy atom. The maximum atomic E-state index is 9.56. The van der Waals surface area contributed by atoms with Crippen LogP contribution in [0.3, 0.4) is 0 Å². The number of aliphatic hydroxyl groups is 1. The summed E-state index contributed by atoms with van der Waals surface area (Å²) in [5, 5.41) is 9.56. The lowest BCUT2D eigenvalue weighted by molar-refractivity contribution is 0.198. The van der Waals surface area contributed by atoms with Crippen molar-refractivity contribution >= 4 is 0 Å². The van der Waals surface area contributed by atoms with Crippen molar-refractivity contribution in [3.63, 3.8) is 0 Å². The molecule has 98 valence electrons.